The van der Waals surface area contributed by atoms with Gasteiger partial charge in [0.15, 0.2) is 5.69 Å². The fourth-order valence-electron chi connectivity index (χ4n) is 4.03. The van der Waals surface area contributed by atoms with Crippen molar-refractivity contribution >= 4 is 40.0 Å². The van der Waals surface area contributed by atoms with Crippen molar-refractivity contribution in [1.82, 2.24) is 25.2 Å². The SMILES string of the molecule is CCNC(=O)Nc1cc(-c2nc(C(F)(F)F)cs2)c(-c2ccc3c(=O)c(C(=O)NCCO)cn(CC)c3c2)cn1. The number of alkyl halides is 3. The lowest BCUT2D eigenvalue weighted by atomic mass is 9.99. The van der Waals surface area contributed by atoms with Crippen molar-refractivity contribution in [2.75, 3.05) is 25.0 Å². The predicted octanol–water partition coefficient (Wildman–Crippen LogP) is 4.09. The second-order valence-electron chi connectivity index (χ2n) is 8.50. The van der Waals surface area contributed by atoms with Gasteiger partial charge >= 0.3 is 12.2 Å². The van der Waals surface area contributed by atoms with Crippen LogP contribution in [-0.2, 0) is 12.7 Å². The van der Waals surface area contributed by atoms with Gasteiger partial charge in [-0.1, -0.05) is 6.07 Å². The topological polar surface area (TPSA) is 138 Å². The summed E-state index contributed by atoms with van der Waals surface area (Å²) in [4.78, 5) is 45.7. The number of benzene rings is 1. The van der Waals surface area contributed by atoms with Gasteiger partial charge in [-0.3, -0.25) is 14.9 Å². The number of rotatable bonds is 8. The van der Waals surface area contributed by atoms with E-state index in [0.717, 1.165) is 16.7 Å². The molecule has 1 aromatic carbocycles. The summed E-state index contributed by atoms with van der Waals surface area (Å²) in [5, 5.41) is 17.8. The number of carbonyl (C=O) groups is 2. The molecule has 0 bridgehead atoms. The molecule has 0 saturated carbocycles. The van der Waals surface area contributed by atoms with E-state index in [-0.39, 0.29) is 34.9 Å². The Balaban J connectivity index is 1.87. The van der Waals surface area contributed by atoms with Crippen LogP contribution in [0.5, 0.6) is 0 Å². The Morgan fingerprint density at radius 1 is 1.12 bits per heavy atom. The van der Waals surface area contributed by atoms with E-state index in [1.165, 1.54) is 24.5 Å². The molecule has 0 aliphatic rings. The first-order valence-corrected chi connectivity index (χ1v) is 13.1. The van der Waals surface area contributed by atoms with Gasteiger partial charge < -0.3 is 20.3 Å². The number of hydrogen-bond acceptors (Lipinski definition) is 7. The Kier molecular flexibility index (Phi) is 8.49. The van der Waals surface area contributed by atoms with Gasteiger partial charge in [-0.05, 0) is 37.6 Å². The molecule has 10 nitrogen and oxygen atoms in total. The average Bonchev–Trinajstić information content (AvgIpc) is 3.43. The molecular weight excluding hydrogens is 549 g/mol. The normalized spacial score (nSPS) is 11.4. The van der Waals surface area contributed by atoms with Crippen molar-refractivity contribution in [3.05, 3.63) is 63.5 Å². The Labute approximate surface area is 229 Å². The Morgan fingerprint density at radius 2 is 1.90 bits per heavy atom. The van der Waals surface area contributed by atoms with Gasteiger partial charge in [0, 0.05) is 53.9 Å². The molecule has 0 unspecified atom stereocenters. The zero-order chi connectivity index (χ0) is 29.0. The third kappa shape index (κ3) is 5.97. The highest BCUT2D eigenvalue weighted by molar-refractivity contribution is 7.13. The van der Waals surface area contributed by atoms with Crippen molar-refractivity contribution in [1.29, 1.82) is 0 Å². The van der Waals surface area contributed by atoms with Crippen LogP contribution in [0.3, 0.4) is 0 Å². The zero-order valence-electron chi connectivity index (χ0n) is 21.4. The van der Waals surface area contributed by atoms with Crippen LogP contribution in [0.4, 0.5) is 23.8 Å². The van der Waals surface area contributed by atoms with Crippen molar-refractivity contribution < 1.29 is 27.9 Å². The highest BCUT2D eigenvalue weighted by atomic mass is 32.1. The number of halogens is 3. The molecule has 0 aliphatic carbocycles. The minimum absolute atomic E-state index is 0.00504. The highest BCUT2D eigenvalue weighted by Crippen LogP contribution is 2.39. The number of aliphatic hydroxyl groups is 1. The summed E-state index contributed by atoms with van der Waals surface area (Å²) in [6, 6.07) is 5.74. The predicted molar refractivity (Wildman–Crippen MR) is 145 cm³/mol. The molecule has 40 heavy (non-hydrogen) atoms. The summed E-state index contributed by atoms with van der Waals surface area (Å²) in [7, 11) is 0. The monoisotopic (exact) mass is 574 g/mol. The van der Waals surface area contributed by atoms with Gasteiger partial charge in [-0.2, -0.15) is 13.2 Å². The van der Waals surface area contributed by atoms with Gasteiger partial charge in [0.1, 0.15) is 16.4 Å². The van der Waals surface area contributed by atoms with Gasteiger partial charge in [0.2, 0.25) is 5.43 Å². The van der Waals surface area contributed by atoms with E-state index < -0.39 is 29.2 Å². The number of urea groups is 1. The standard InChI is InChI=1S/C26H25F3N6O4S/c1-3-30-25(39)34-21-10-16(24-33-20(13-40-24)26(27,28)29)17(11-32-21)14-5-6-15-19(9-14)35(4-2)12-18(22(15)37)23(38)31-7-8-36/h5-6,9-13,36H,3-4,7-8H2,1-2H3,(H,31,38)(H2,30,32,34,39). The number of aryl methyl sites for hydroxylation is 1. The van der Waals surface area contributed by atoms with Gasteiger partial charge in [0.05, 0.1) is 12.1 Å². The van der Waals surface area contributed by atoms with Gasteiger partial charge in [-0.15, -0.1) is 11.3 Å². The van der Waals surface area contributed by atoms with Crippen molar-refractivity contribution in [3.8, 4) is 21.7 Å². The lowest BCUT2D eigenvalue weighted by Gasteiger charge is -2.15. The van der Waals surface area contributed by atoms with E-state index in [1.807, 2.05) is 6.92 Å². The molecule has 4 aromatic rings. The maximum absolute atomic E-state index is 13.3. The number of anilines is 1. The molecule has 3 amide bonds. The number of nitrogens with one attached hydrogen (secondary N) is 3. The number of fused-ring (bicyclic) bond motifs is 1. The van der Waals surface area contributed by atoms with Crippen LogP contribution in [0.25, 0.3) is 32.6 Å². The second kappa shape index (κ2) is 11.8. The van der Waals surface area contributed by atoms with E-state index in [9.17, 15) is 27.6 Å². The summed E-state index contributed by atoms with van der Waals surface area (Å²) in [6.45, 7) is 4.05. The largest absolute Gasteiger partial charge is 0.434 e. The molecule has 0 aliphatic heterocycles. The van der Waals surface area contributed by atoms with Crippen molar-refractivity contribution in [3.63, 3.8) is 0 Å². The lowest BCUT2D eigenvalue weighted by Crippen LogP contribution is -2.31. The first-order valence-electron chi connectivity index (χ1n) is 12.2. The molecular formula is C26H25F3N6O4S. The number of amides is 3. The summed E-state index contributed by atoms with van der Waals surface area (Å²) in [5.74, 6) is -0.503. The molecule has 210 valence electrons. The van der Waals surface area contributed by atoms with E-state index in [2.05, 4.69) is 25.9 Å². The first-order chi connectivity index (χ1) is 19.1. The zero-order valence-corrected chi connectivity index (χ0v) is 22.2. The van der Waals surface area contributed by atoms with E-state index >= 15 is 0 Å². The average molecular weight is 575 g/mol. The summed E-state index contributed by atoms with van der Waals surface area (Å²) in [6.07, 6.45) is -1.79. The molecule has 4 rings (SSSR count). The molecule has 0 radical (unpaired) electrons. The number of aliphatic hydroxyl groups excluding tert-OH is 1. The van der Waals surface area contributed by atoms with Crippen LogP contribution < -0.4 is 21.4 Å². The summed E-state index contributed by atoms with van der Waals surface area (Å²) < 4.78 is 41.7. The van der Waals surface area contributed by atoms with E-state index in [0.29, 0.717) is 35.3 Å². The number of aromatic nitrogens is 3. The van der Waals surface area contributed by atoms with Gasteiger partial charge in [-0.25, -0.2) is 14.8 Å². The van der Waals surface area contributed by atoms with Crippen LogP contribution in [0.15, 0.2) is 46.8 Å². The van der Waals surface area contributed by atoms with Gasteiger partial charge in [0.25, 0.3) is 5.91 Å². The number of thiazole rings is 1. The van der Waals surface area contributed by atoms with Crippen LogP contribution >= 0.6 is 11.3 Å². The molecule has 0 saturated heterocycles. The summed E-state index contributed by atoms with van der Waals surface area (Å²) in [5.41, 5.74) is 0.117. The minimum atomic E-state index is -4.63. The molecule has 0 atom stereocenters. The van der Waals surface area contributed by atoms with E-state index in [1.54, 1.807) is 23.6 Å². The number of hydrogen-bond donors (Lipinski definition) is 4. The molecule has 3 aromatic heterocycles. The summed E-state index contributed by atoms with van der Waals surface area (Å²) >= 11 is 0.797. The first kappa shape index (κ1) is 28.7. The molecule has 14 heteroatoms. The Bertz CT molecular complexity index is 1630. The fraction of sp³-hybridized carbons (Fsp3) is 0.269. The van der Waals surface area contributed by atoms with Crippen LogP contribution in [0.2, 0.25) is 0 Å². The number of nitrogens with zero attached hydrogens (tertiary/aromatic N) is 3. The van der Waals surface area contributed by atoms with Crippen LogP contribution in [0.1, 0.15) is 29.9 Å². The quantitative estimate of drug-likeness (QED) is 0.250. The Hall–Kier alpha value is -4.30. The third-order valence-corrected chi connectivity index (χ3v) is 6.76. The smallest absolute Gasteiger partial charge is 0.395 e. The Morgan fingerprint density at radius 3 is 2.55 bits per heavy atom. The maximum atomic E-state index is 13.3. The van der Waals surface area contributed by atoms with Crippen LogP contribution in [-0.4, -0.2) is 51.3 Å². The molecule has 0 spiro atoms. The van der Waals surface area contributed by atoms with E-state index in [4.69, 9.17) is 5.11 Å². The highest BCUT2D eigenvalue weighted by Gasteiger charge is 2.34. The van der Waals surface area contributed by atoms with Crippen molar-refractivity contribution in [2.45, 2.75) is 26.6 Å². The minimum Gasteiger partial charge on any atom is -0.395 e. The molecule has 0 fully saturated rings. The second-order valence-corrected chi connectivity index (χ2v) is 9.36. The van der Waals surface area contributed by atoms with Crippen molar-refractivity contribution in [2.24, 2.45) is 0 Å². The maximum Gasteiger partial charge on any atom is 0.434 e. The fourth-order valence-corrected chi connectivity index (χ4v) is 4.88. The molecule has 3 heterocycles. The van der Waals surface area contributed by atoms with Crippen LogP contribution in [0, 0.1) is 0 Å². The number of carbonyl (C=O) groups excluding carboxylic acids is 2. The molecule has 4 N–H and O–H groups in total. The third-order valence-electron chi connectivity index (χ3n) is 5.88. The lowest BCUT2D eigenvalue weighted by molar-refractivity contribution is -0.140. The number of pyridine rings is 2.